The molecule has 1 aromatic rings. The smallest absolute Gasteiger partial charge is 0.136 e. The Kier molecular flexibility index (Phi) is 2.98. The van der Waals surface area contributed by atoms with E-state index in [0.717, 1.165) is 0 Å². The van der Waals surface area contributed by atoms with Gasteiger partial charge in [0, 0.05) is 5.02 Å². The molecule has 0 nitrogen and oxygen atoms in total. The lowest BCUT2D eigenvalue weighted by Gasteiger charge is -2.11. The third-order valence-corrected chi connectivity index (χ3v) is 2.14. The third-order valence-electron chi connectivity index (χ3n) is 1.19. The molecule has 11 heavy (non-hydrogen) atoms. The Hall–Kier alpha value is 0.440. The molecule has 4 heteroatoms. The van der Waals surface area contributed by atoms with E-state index in [2.05, 4.69) is 12.6 Å². The summed E-state index contributed by atoms with van der Waals surface area (Å²) in [6.45, 7) is 0. The van der Waals surface area contributed by atoms with Crippen LogP contribution in [-0.4, -0.2) is 0 Å². The van der Waals surface area contributed by atoms with Gasteiger partial charge in [0.05, 0.1) is 0 Å². The number of thiol groups is 1. The minimum atomic E-state index is -1.13. The Labute approximate surface area is 85.9 Å². The molecule has 0 saturated carbocycles. The standard InChI is InChI=1S/C7H5Cl3S/c8-6-3-1-5(2-4-6)7(9,10)11/h1-4,11H. The van der Waals surface area contributed by atoms with Crippen LogP contribution in [0, 0.1) is 0 Å². The molecule has 0 heterocycles. The molecule has 1 rings (SSSR count). The maximum Gasteiger partial charge on any atom is 0.185 e. The van der Waals surface area contributed by atoms with Crippen LogP contribution in [0.3, 0.4) is 0 Å². The number of hydrogen-bond donors (Lipinski definition) is 1. The highest BCUT2D eigenvalue weighted by molar-refractivity contribution is 7.84. The summed E-state index contributed by atoms with van der Waals surface area (Å²) in [6.07, 6.45) is 0. The number of rotatable bonds is 1. The molecule has 0 N–H and O–H groups in total. The Morgan fingerprint density at radius 3 is 1.91 bits per heavy atom. The van der Waals surface area contributed by atoms with Crippen LogP contribution in [0.2, 0.25) is 5.02 Å². The number of benzene rings is 1. The van der Waals surface area contributed by atoms with E-state index in [1.165, 1.54) is 0 Å². The Balaban J connectivity index is 2.99. The second-order valence-electron chi connectivity index (χ2n) is 2.05. The van der Waals surface area contributed by atoms with E-state index in [-0.39, 0.29) is 0 Å². The number of halogens is 3. The van der Waals surface area contributed by atoms with Gasteiger partial charge >= 0.3 is 0 Å². The van der Waals surface area contributed by atoms with Gasteiger partial charge in [-0.2, -0.15) is 0 Å². The molecule has 0 aliphatic carbocycles. The summed E-state index contributed by atoms with van der Waals surface area (Å²) in [5, 5.41) is 0.652. The molecule has 0 aliphatic rings. The van der Waals surface area contributed by atoms with E-state index in [0.29, 0.717) is 10.6 Å². The van der Waals surface area contributed by atoms with Gasteiger partial charge in [-0.1, -0.05) is 46.9 Å². The SMILES string of the molecule is SC(Cl)(Cl)c1ccc(Cl)cc1. The molecule has 0 spiro atoms. The van der Waals surface area contributed by atoms with Crippen molar-refractivity contribution < 1.29 is 0 Å². The summed E-state index contributed by atoms with van der Waals surface area (Å²) >= 11 is 21.0. The average molecular weight is 228 g/mol. The van der Waals surface area contributed by atoms with Crippen molar-refractivity contribution >= 4 is 47.4 Å². The van der Waals surface area contributed by atoms with Crippen molar-refractivity contribution in [1.29, 1.82) is 0 Å². The van der Waals surface area contributed by atoms with Gasteiger partial charge in [0.2, 0.25) is 0 Å². The highest BCUT2D eigenvalue weighted by Crippen LogP contribution is 2.37. The van der Waals surface area contributed by atoms with Gasteiger partial charge in [-0.25, -0.2) is 0 Å². The van der Waals surface area contributed by atoms with Crippen LogP contribution in [-0.2, 0) is 3.67 Å². The Morgan fingerprint density at radius 2 is 1.55 bits per heavy atom. The summed E-state index contributed by atoms with van der Waals surface area (Å²) < 4.78 is -1.13. The van der Waals surface area contributed by atoms with E-state index in [4.69, 9.17) is 34.8 Å². The maximum atomic E-state index is 5.70. The molecule has 0 bridgehead atoms. The third kappa shape index (κ3) is 2.75. The first-order chi connectivity index (χ1) is 5.00. The van der Waals surface area contributed by atoms with E-state index >= 15 is 0 Å². The number of alkyl halides is 2. The van der Waals surface area contributed by atoms with E-state index in [1.807, 2.05) is 0 Å². The van der Waals surface area contributed by atoms with Crippen molar-refractivity contribution in [3.63, 3.8) is 0 Å². The van der Waals surface area contributed by atoms with E-state index in [9.17, 15) is 0 Å². The maximum absolute atomic E-state index is 5.70. The van der Waals surface area contributed by atoms with Crippen LogP contribution in [0.5, 0.6) is 0 Å². The minimum Gasteiger partial charge on any atom is -0.136 e. The van der Waals surface area contributed by atoms with E-state index < -0.39 is 3.67 Å². The van der Waals surface area contributed by atoms with Crippen molar-refractivity contribution in [2.45, 2.75) is 3.67 Å². The first-order valence-electron chi connectivity index (χ1n) is 2.86. The summed E-state index contributed by atoms with van der Waals surface area (Å²) in [7, 11) is 0. The van der Waals surface area contributed by atoms with Crippen LogP contribution in [0.25, 0.3) is 0 Å². The normalized spacial score (nSPS) is 11.6. The zero-order valence-corrected chi connectivity index (χ0v) is 8.55. The fraction of sp³-hybridized carbons (Fsp3) is 0.143. The molecule has 0 aliphatic heterocycles. The fourth-order valence-electron chi connectivity index (χ4n) is 0.650. The predicted molar refractivity (Wildman–Crippen MR) is 53.8 cm³/mol. The van der Waals surface area contributed by atoms with Crippen LogP contribution < -0.4 is 0 Å². The Bertz CT molecular complexity index is 237. The van der Waals surface area contributed by atoms with Gasteiger partial charge in [0.1, 0.15) is 0 Å². The summed E-state index contributed by atoms with van der Waals surface area (Å²) in [5.74, 6) is 0. The summed E-state index contributed by atoms with van der Waals surface area (Å²) in [5.41, 5.74) is 0.716. The molecule has 0 amide bonds. The highest BCUT2D eigenvalue weighted by atomic mass is 35.5. The molecular weight excluding hydrogens is 223 g/mol. The first-order valence-corrected chi connectivity index (χ1v) is 4.44. The number of hydrogen-bond acceptors (Lipinski definition) is 1. The van der Waals surface area contributed by atoms with Gasteiger partial charge in [-0.15, -0.1) is 12.6 Å². The zero-order chi connectivity index (χ0) is 8.48. The van der Waals surface area contributed by atoms with Crippen LogP contribution in [0.4, 0.5) is 0 Å². The molecule has 0 atom stereocenters. The first kappa shape index (κ1) is 9.53. The largest absolute Gasteiger partial charge is 0.185 e. The van der Waals surface area contributed by atoms with Gasteiger partial charge in [0.15, 0.2) is 3.67 Å². The lowest BCUT2D eigenvalue weighted by molar-refractivity contribution is 1.27. The van der Waals surface area contributed by atoms with Crippen molar-refractivity contribution in [1.82, 2.24) is 0 Å². The highest BCUT2D eigenvalue weighted by Gasteiger charge is 2.19. The summed E-state index contributed by atoms with van der Waals surface area (Å²) in [4.78, 5) is 0. The predicted octanol–water partition coefficient (Wildman–Crippen LogP) is 3.86. The quantitative estimate of drug-likeness (QED) is 0.547. The molecule has 60 valence electrons. The van der Waals surface area contributed by atoms with Crippen molar-refractivity contribution in [2.75, 3.05) is 0 Å². The van der Waals surface area contributed by atoms with Crippen molar-refractivity contribution in [2.24, 2.45) is 0 Å². The monoisotopic (exact) mass is 226 g/mol. The molecule has 0 saturated heterocycles. The van der Waals surface area contributed by atoms with Gasteiger partial charge < -0.3 is 0 Å². The van der Waals surface area contributed by atoms with Crippen molar-refractivity contribution in [3.05, 3.63) is 34.9 Å². The molecule has 0 aromatic heterocycles. The van der Waals surface area contributed by atoms with Gasteiger partial charge in [-0.05, 0) is 17.7 Å². The lowest BCUT2D eigenvalue weighted by atomic mass is 10.2. The van der Waals surface area contributed by atoms with Gasteiger partial charge in [0.25, 0.3) is 0 Å². The molecule has 1 aromatic carbocycles. The van der Waals surface area contributed by atoms with Crippen LogP contribution in [0.15, 0.2) is 24.3 Å². The van der Waals surface area contributed by atoms with Crippen LogP contribution in [0.1, 0.15) is 5.56 Å². The van der Waals surface area contributed by atoms with E-state index in [1.54, 1.807) is 24.3 Å². The summed E-state index contributed by atoms with van der Waals surface area (Å²) in [6, 6.07) is 6.89. The topological polar surface area (TPSA) is 0 Å². The second-order valence-corrected chi connectivity index (χ2v) is 5.01. The Morgan fingerprint density at radius 1 is 1.09 bits per heavy atom. The van der Waals surface area contributed by atoms with Gasteiger partial charge in [-0.3, -0.25) is 0 Å². The van der Waals surface area contributed by atoms with Crippen LogP contribution >= 0.6 is 47.4 Å². The molecule has 0 fully saturated rings. The average Bonchev–Trinajstić information content (AvgIpc) is 1.86. The fourth-order valence-corrected chi connectivity index (χ4v) is 1.18. The minimum absolute atomic E-state index is 0.652. The molecule has 0 unspecified atom stereocenters. The second kappa shape index (κ2) is 3.44. The zero-order valence-electron chi connectivity index (χ0n) is 5.39. The van der Waals surface area contributed by atoms with Crippen molar-refractivity contribution in [3.8, 4) is 0 Å². The molecular formula is C7H5Cl3S. The lowest BCUT2D eigenvalue weighted by Crippen LogP contribution is -1.98. The molecule has 0 radical (unpaired) electrons.